The number of hydrazone groups is 1. The zero-order valence-electron chi connectivity index (χ0n) is 15.4. The maximum absolute atomic E-state index is 11.8. The van der Waals surface area contributed by atoms with Crippen LogP contribution >= 0.6 is 0 Å². The van der Waals surface area contributed by atoms with E-state index in [1.54, 1.807) is 32.6 Å². The summed E-state index contributed by atoms with van der Waals surface area (Å²) in [6.45, 7) is 2.78. The summed E-state index contributed by atoms with van der Waals surface area (Å²) < 4.78 is 10.4. The van der Waals surface area contributed by atoms with E-state index in [1.807, 2.05) is 18.2 Å². The van der Waals surface area contributed by atoms with Gasteiger partial charge in [-0.25, -0.2) is 5.43 Å². The van der Waals surface area contributed by atoms with Crippen molar-refractivity contribution in [2.45, 2.75) is 19.8 Å². The Morgan fingerprint density at radius 1 is 1.12 bits per heavy atom. The Balaban J connectivity index is 1.72. The van der Waals surface area contributed by atoms with Crippen LogP contribution in [-0.4, -0.2) is 32.9 Å². The number of nitrogens with zero attached hydrogens (tertiary/aromatic N) is 1. The predicted octanol–water partition coefficient (Wildman–Crippen LogP) is 3.35. The topological polar surface area (TPSA) is 72.0 Å². The smallest absolute Gasteiger partial charge is 0.240 e. The number of hydrogen-bond acceptors (Lipinski definition) is 5. The van der Waals surface area contributed by atoms with Crippen molar-refractivity contribution in [2.24, 2.45) is 5.10 Å². The second-order valence-corrected chi connectivity index (χ2v) is 5.81. The molecule has 0 aromatic heterocycles. The molecule has 0 spiro atoms. The number of ether oxygens (including phenoxy) is 2. The number of anilines is 1. The van der Waals surface area contributed by atoms with Crippen molar-refractivity contribution < 1.29 is 14.3 Å². The van der Waals surface area contributed by atoms with Gasteiger partial charge in [-0.2, -0.15) is 5.10 Å². The Kier molecular flexibility index (Phi) is 7.49. The molecule has 0 aliphatic carbocycles. The highest BCUT2D eigenvalue weighted by Crippen LogP contribution is 2.26. The van der Waals surface area contributed by atoms with Crippen molar-refractivity contribution >= 4 is 17.8 Å². The van der Waals surface area contributed by atoms with Crippen LogP contribution in [0.4, 0.5) is 5.69 Å². The lowest BCUT2D eigenvalue weighted by Gasteiger charge is -2.07. The number of aryl methyl sites for hydroxylation is 1. The van der Waals surface area contributed by atoms with Crippen LogP contribution in [0.25, 0.3) is 0 Å². The van der Waals surface area contributed by atoms with Crippen LogP contribution in [-0.2, 0) is 4.79 Å². The van der Waals surface area contributed by atoms with Crippen LogP contribution in [0.5, 0.6) is 11.5 Å². The van der Waals surface area contributed by atoms with Crippen molar-refractivity contribution in [3.05, 3.63) is 53.6 Å². The fourth-order valence-corrected chi connectivity index (χ4v) is 2.40. The second kappa shape index (κ2) is 10.1. The number of hydrogen-bond donors (Lipinski definition) is 2. The summed E-state index contributed by atoms with van der Waals surface area (Å²) >= 11 is 0. The van der Waals surface area contributed by atoms with Gasteiger partial charge >= 0.3 is 0 Å². The first-order valence-corrected chi connectivity index (χ1v) is 8.47. The third-order valence-electron chi connectivity index (χ3n) is 3.74. The predicted molar refractivity (Wildman–Crippen MR) is 104 cm³/mol. The van der Waals surface area contributed by atoms with Gasteiger partial charge in [0.2, 0.25) is 5.91 Å². The fourth-order valence-electron chi connectivity index (χ4n) is 2.40. The summed E-state index contributed by atoms with van der Waals surface area (Å²) in [5.41, 5.74) is 5.62. The summed E-state index contributed by atoms with van der Waals surface area (Å²) in [6, 6.07) is 13.6. The van der Waals surface area contributed by atoms with Crippen molar-refractivity contribution in [2.75, 3.05) is 26.1 Å². The molecule has 0 saturated heterocycles. The molecule has 0 aliphatic heterocycles. The van der Waals surface area contributed by atoms with Gasteiger partial charge in [0.1, 0.15) is 0 Å². The largest absolute Gasteiger partial charge is 0.493 e. The van der Waals surface area contributed by atoms with E-state index in [0.29, 0.717) is 17.9 Å². The molecule has 0 atom stereocenters. The minimum absolute atomic E-state index is 0.118. The average Bonchev–Trinajstić information content (AvgIpc) is 2.65. The molecule has 0 bridgehead atoms. The number of methoxy groups -OCH3 is 2. The molecule has 2 N–H and O–H groups in total. The van der Waals surface area contributed by atoms with E-state index >= 15 is 0 Å². The lowest BCUT2D eigenvalue weighted by Crippen LogP contribution is -2.18. The molecule has 2 aromatic rings. The minimum Gasteiger partial charge on any atom is -0.493 e. The van der Waals surface area contributed by atoms with Crippen molar-refractivity contribution in [1.29, 1.82) is 0 Å². The van der Waals surface area contributed by atoms with E-state index in [2.05, 4.69) is 34.9 Å². The fraction of sp³-hybridized carbons (Fsp3) is 0.300. The van der Waals surface area contributed by atoms with Gasteiger partial charge in [-0.15, -0.1) is 0 Å². The SMILES string of the molecule is COc1ccc(C=NNC(=O)CCCNc2cccc(C)c2)cc1OC. The minimum atomic E-state index is -0.118. The monoisotopic (exact) mass is 355 g/mol. The highest BCUT2D eigenvalue weighted by Gasteiger charge is 2.03. The number of amides is 1. The average molecular weight is 355 g/mol. The van der Waals surface area contributed by atoms with Crippen molar-refractivity contribution in [3.63, 3.8) is 0 Å². The van der Waals surface area contributed by atoms with Crippen LogP contribution < -0.4 is 20.2 Å². The van der Waals surface area contributed by atoms with Crippen molar-refractivity contribution in [1.82, 2.24) is 5.43 Å². The maximum Gasteiger partial charge on any atom is 0.240 e. The molecule has 6 nitrogen and oxygen atoms in total. The first-order valence-electron chi connectivity index (χ1n) is 8.47. The normalized spacial score (nSPS) is 10.6. The van der Waals surface area contributed by atoms with E-state index in [9.17, 15) is 4.79 Å². The molecule has 1 amide bonds. The lowest BCUT2D eigenvalue weighted by atomic mass is 10.2. The Hall–Kier alpha value is -3.02. The van der Waals surface area contributed by atoms with Crippen LogP contribution in [0.15, 0.2) is 47.6 Å². The first kappa shape index (κ1) is 19.3. The summed E-state index contributed by atoms with van der Waals surface area (Å²) in [4.78, 5) is 11.8. The summed E-state index contributed by atoms with van der Waals surface area (Å²) in [5.74, 6) is 1.15. The molecule has 0 unspecified atom stereocenters. The van der Waals surface area contributed by atoms with Gasteiger partial charge in [0.25, 0.3) is 0 Å². The zero-order valence-corrected chi connectivity index (χ0v) is 15.4. The number of benzene rings is 2. The van der Waals surface area contributed by atoms with Crippen molar-refractivity contribution in [3.8, 4) is 11.5 Å². The molecule has 6 heteroatoms. The van der Waals surface area contributed by atoms with E-state index in [0.717, 1.165) is 24.2 Å². The van der Waals surface area contributed by atoms with Gasteiger partial charge < -0.3 is 14.8 Å². The van der Waals surface area contributed by atoms with E-state index < -0.39 is 0 Å². The number of nitrogens with one attached hydrogen (secondary N) is 2. The highest BCUT2D eigenvalue weighted by atomic mass is 16.5. The number of carbonyl (C=O) groups is 1. The molecule has 2 aromatic carbocycles. The molecular weight excluding hydrogens is 330 g/mol. The standard InChI is InChI=1S/C20H25N3O3/c1-15-6-4-7-17(12-15)21-11-5-8-20(24)23-22-14-16-9-10-18(25-2)19(13-16)26-3/h4,6-7,9-10,12-14,21H,5,8,11H2,1-3H3,(H,23,24). The van der Waals surface area contributed by atoms with Gasteiger partial charge in [0.05, 0.1) is 20.4 Å². The van der Waals surface area contributed by atoms with E-state index in [1.165, 1.54) is 5.56 Å². The van der Waals surface area contributed by atoms with E-state index in [4.69, 9.17) is 9.47 Å². The molecule has 0 radical (unpaired) electrons. The molecule has 138 valence electrons. The van der Waals surface area contributed by atoms with Gasteiger partial charge in [-0.1, -0.05) is 12.1 Å². The van der Waals surface area contributed by atoms with Gasteiger partial charge in [-0.3, -0.25) is 4.79 Å². The van der Waals surface area contributed by atoms with Gasteiger partial charge in [0.15, 0.2) is 11.5 Å². The van der Waals surface area contributed by atoms with Gasteiger partial charge in [-0.05, 0) is 54.8 Å². The Labute approximate surface area is 154 Å². The summed E-state index contributed by atoms with van der Waals surface area (Å²) in [5, 5.41) is 7.28. The molecular formula is C20H25N3O3. The second-order valence-electron chi connectivity index (χ2n) is 5.81. The Morgan fingerprint density at radius 2 is 1.92 bits per heavy atom. The van der Waals surface area contributed by atoms with Crippen LogP contribution in [0.3, 0.4) is 0 Å². The molecule has 0 fully saturated rings. The maximum atomic E-state index is 11.8. The molecule has 0 aliphatic rings. The zero-order chi connectivity index (χ0) is 18.8. The number of rotatable bonds is 9. The molecule has 0 heterocycles. The lowest BCUT2D eigenvalue weighted by molar-refractivity contribution is -0.121. The third kappa shape index (κ3) is 6.12. The first-order chi connectivity index (χ1) is 12.6. The van der Waals surface area contributed by atoms with E-state index in [-0.39, 0.29) is 5.91 Å². The summed E-state index contributed by atoms with van der Waals surface area (Å²) in [7, 11) is 3.16. The van der Waals surface area contributed by atoms with Crippen LogP contribution in [0.1, 0.15) is 24.0 Å². The van der Waals surface area contributed by atoms with Crippen LogP contribution in [0, 0.1) is 6.92 Å². The summed E-state index contributed by atoms with van der Waals surface area (Å²) in [6.07, 6.45) is 2.71. The highest BCUT2D eigenvalue weighted by molar-refractivity contribution is 5.83. The molecule has 2 rings (SSSR count). The molecule has 0 saturated carbocycles. The Bertz CT molecular complexity index is 760. The van der Waals surface area contributed by atoms with Crippen LogP contribution in [0.2, 0.25) is 0 Å². The number of carbonyl (C=O) groups excluding carboxylic acids is 1. The van der Waals surface area contributed by atoms with Gasteiger partial charge in [0, 0.05) is 18.7 Å². The Morgan fingerprint density at radius 3 is 2.65 bits per heavy atom. The third-order valence-corrected chi connectivity index (χ3v) is 3.74. The quantitative estimate of drug-likeness (QED) is 0.411. The molecule has 26 heavy (non-hydrogen) atoms.